The lowest BCUT2D eigenvalue weighted by molar-refractivity contribution is 0.241. The van der Waals surface area contributed by atoms with Crippen molar-refractivity contribution >= 4 is 35.5 Å². The first-order valence-corrected chi connectivity index (χ1v) is 11.8. The number of carbonyl (C=O) groups excluding carboxylic acids is 1. The summed E-state index contributed by atoms with van der Waals surface area (Å²) in [6, 6.07) is 23.3. The third-order valence-corrected chi connectivity index (χ3v) is 6.36. The number of hydrogen-bond acceptors (Lipinski definition) is 5. The zero-order chi connectivity index (χ0) is 23.3. The molecule has 3 aromatic rings. The number of nitrogens with zero attached hydrogens (tertiary/aromatic N) is 3. The van der Waals surface area contributed by atoms with Gasteiger partial charge in [0.1, 0.15) is 5.75 Å². The third-order valence-electron chi connectivity index (χ3n) is 6.36. The molecule has 0 radical (unpaired) electrons. The lowest BCUT2D eigenvalue weighted by Crippen LogP contribution is -2.47. The minimum absolute atomic E-state index is 0. The van der Waals surface area contributed by atoms with Crippen molar-refractivity contribution < 1.29 is 14.3 Å². The van der Waals surface area contributed by atoms with Gasteiger partial charge in [0.2, 0.25) is 0 Å². The van der Waals surface area contributed by atoms with Crippen LogP contribution < -0.4 is 24.6 Å². The maximum Gasteiger partial charge on any atom is 0.326 e. The number of halogens is 1. The number of rotatable bonds is 6. The zero-order valence-corrected chi connectivity index (χ0v) is 20.7. The molecular weight excluding hydrogens is 464 g/mol. The highest BCUT2D eigenvalue weighted by atomic mass is 35.5. The Morgan fingerprint density at radius 2 is 1.43 bits per heavy atom. The molecule has 5 rings (SSSR count). The summed E-state index contributed by atoms with van der Waals surface area (Å²) >= 11 is 0. The second-order valence-electron chi connectivity index (χ2n) is 8.46. The van der Waals surface area contributed by atoms with E-state index in [1.54, 1.807) is 12.0 Å². The van der Waals surface area contributed by atoms with Gasteiger partial charge in [0.25, 0.3) is 0 Å². The predicted molar refractivity (Wildman–Crippen MR) is 142 cm³/mol. The van der Waals surface area contributed by atoms with Crippen LogP contribution in [-0.4, -0.2) is 57.3 Å². The Bertz CT molecular complexity index is 1110. The third kappa shape index (κ3) is 5.31. The molecule has 0 aliphatic carbocycles. The van der Waals surface area contributed by atoms with Crippen LogP contribution in [0.5, 0.6) is 17.2 Å². The lowest BCUT2D eigenvalue weighted by Gasteiger charge is -2.36. The fraction of sp³-hybridized carbons (Fsp3) is 0.296. The molecule has 0 saturated carbocycles. The summed E-state index contributed by atoms with van der Waals surface area (Å²) in [5, 5.41) is 3.10. The number of piperazine rings is 1. The lowest BCUT2D eigenvalue weighted by atomic mass is 10.2. The molecule has 2 aliphatic heterocycles. The molecule has 3 aromatic carbocycles. The number of fused-ring (bicyclic) bond motifs is 2. The first-order chi connectivity index (χ1) is 16.7. The molecule has 0 atom stereocenters. The number of nitrogens with one attached hydrogen (secondary N) is 1. The van der Waals surface area contributed by atoms with E-state index in [0.717, 1.165) is 62.0 Å². The molecule has 1 N–H and O–H groups in total. The summed E-state index contributed by atoms with van der Waals surface area (Å²) in [6.45, 7) is 5.50. The van der Waals surface area contributed by atoms with Crippen LogP contribution in [0, 0.1) is 0 Å². The fourth-order valence-electron chi connectivity index (χ4n) is 4.60. The molecule has 0 aromatic heterocycles. The highest BCUT2D eigenvalue weighted by Gasteiger charge is 2.28. The van der Waals surface area contributed by atoms with Crippen LogP contribution in [0.4, 0.5) is 21.9 Å². The smallest absolute Gasteiger partial charge is 0.326 e. The van der Waals surface area contributed by atoms with Gasteiger partial charge in [0, 0.05) is 32.7 Å². The topological polar surface area (TPSA) is 57.3 Å². The summed E-state index contributed by atoms with van der Waals surface area (Å²) in [5.41, 5.74) is 2.67. The van der Waals surface area contributed by atoms with Crippen LogP contribution in [0.1, 0.15) is 6.42 Å². The molecule has 0 bridgehead atoms. The van der Waals surface area contributed by atoms with Crippen molar-refractivity contribution in [3.63, 3.8) is 0 Å². The SMILES string of the molecule is COc1ccccc1N1CCN(CCCNC(=O)N2c3ccccc3Oc3ccccc32)CC1.Cl. The Balaban J connectivity index is 0.00000289. The quantitative estimate of drug-likeness (QED) is 0.472. The van der Waals surface area contributed by atoms with Crippen LogP contribution in [0.25, 0.3) is 0 Å². The average molecular weight is 495 g/mol. The van der Waals surface area contributed by atoms with Gasteiger partial charge in [-0.25, -0.2) is 4.79 Å². The molecule has 1 fully saturated rings. The van der Waals surface area contributed by atoms with Gasteiger partial charge in [0.15, 0.2) is 11.5 Å². The largest absolute Gasteiger partial charge is 0.495 e. The normalized spacial score (nSPS) is 14.8. The number of ether oxygens (including phenoxy) is 2. The van der Waals surface area contributed by atoms with Crippen molar-refractivity contribution in [3.05, 3.63) is 72.8 Å². The first-order valence-electron chi connectivity index (χ1n) is 11.8. The molecule has 35 heavy (non-hydrogen) atoms. The van der Waals surface area contributed by atoms with Crippen LogP contribution in [-0.2, 0) is 0 Å². The van der Waals surface area contributed by atoms with E-state index >= 15 is 0 Å². The minimum Gasteiger partial charge on any atom is -0.495 e. The number of hydrogen-bond donors (Lipinski definition) is 1. The number of carbonyl (C=O) groups is 1. The summed E-state index contributed by atoms with van der Waals surface area (Å²) in [6.07, 6.45) is 0.897. The van der Waals surface area contributed by atoms with Crippen molar-refractivity contribution in [2.24, 2.45) is 0 Å². The van der Waals surface area contributed by atoms with Gasteiger partial charge in [-0.05, 0) is 49.4 Å². The van der Waals surface area contributed by atoms with Gasteiger partial charge >= 0.3 is 6.03 Å². The number of anilines is 3. The Labute approximate surface area is 212 Å². The number of benzene rings is 3. The van der Waals surface area contributed by atoms with E-state index in [1.807, 2.05) is 60.7 Å². The number of para-hydroxylation sites is 6. The van der Waals surface area contributed by atoms with Crippen LogP contribution in [0.2, 0.25) is 0 Å². The fourth-order valence-corrected chi connectivity index (χ4v) is 4.60. The van der Waals surface area contributed by atoms with Crippen molar-refractivity contribution in [1.82, 2.24) is 10.2 Å². The van der Waals surface area contributed by atoms with E-state index in [9.17, 15) is 4.79 Å². The minimum atomic E-state index is -0.135. The Morgan fingerprint density at radius 3 is 2.06 bits per heavy atom. The van der Waals surface area contributed by atoms with Crippen LogP contribution >= 0.6 is 12.4 Å². The van der Waals surface area contributed by atoms with E-state index in [0.29, 0.717) is 18.0 Å². The van der Waals surface area contributed by atoms with Gasteiger partial charge < -0.3 is 19.7 Å². The Morgan fingerprint density at radius 1 is 0.857 bits per heavy atom. The van der Waals surface area contributed by atoms with Crippen molar-refractivity contribution in [1.29, 1.82) is 0 Å². The van der Waals surface area contributed by atoms with Gasteiger partial charge in [-0.2, -0.15) is 0 Å². The van der Waals surface area contributed by atoms with E-state index in [2.05, 4.69) is 27.2 Å². The zero-order valence-electron chi connectivity index (χ0n) is 19.9. The van der Waals surface area contributed by atoms with Gasteiger partial charge in [-0.15, -0.1) is 12.4 Å². The molecule has 8 heteroatoms. The predicted octanol–water partition coefficient (Wildman–Crippen LogP) is 5.28. The maximum atomic E-state index is 13.2. The summed E-state index contributed by atoms with van der Waals surface area (Å²) < 4.78 is 11.5. The standard InChI is InChI=1S/C27H30N4O3.ClH/c1-33-24-12-5-2-9-21(24)30-19-17-29(18-20-30)16-8-15-28-27(32)31-22-10-3-6-13-25(22)34-26-14-7-4-11-23(26)31;/h2-7,9-14H,8,15-20H2,1H3,(H,28,32);1H. The van der Waals surface area contributed by atoms with Crippen molar-refractivity contribution in [2.45, 2.75) is 6.42 Å². The Hall–Kier alpha value is -3.42. The summed E-state index contributed by atoms with van der Waals surface area (Å²) in [4.78, 5) is 19.7. The van der Waals surface area contributed by atoms with Gasteiger partial charge in [-0.3, -0.25) is 9.80 Å². The second kappa shape index (κ2) is 11.3. The molecule has 0 spiro atoms. The number of urea groups is 1. The van der Waals surface area contributed by atoms with Gasteiger partial charge in [0.05, 0.1) is 24.2 Å². The molecule has 1 saturated heterocycles. The molecule has 7 nitrogen and oxygen atoms in total. The first kappa shape index (κ1) is 24.7. The summed E-state index contributed by atoms with van der Waals surface area (Å²) in [5.74, 6) is 2.29. The van der Waals surface area contributed by atoms with Crippen LogP contribution in [0.3, 0.4) is 0 Å². The van der Waals surface area contributed by atoms with E-state index in [1.165, 1.54) is 0 Å². The summed E-state index contributed by atoms with van der Waals surface area (Å²) in [7, 11) is 1.72. The highest BCUT2D eigenvalue weighted by Crippen LogP contribution is 2.46. The van der Waals surface area contributed by atoms with Crippen molar-refractivity contribution in [3.8, 4) is 17.2 Å². The molecule has 0 unspecified atom stereocenters. The molecular formula is C27H31ClN4O3. The van der Waals surface area contributed by atoms with Crippen LogP contribution in [0.15, 0.2) is 72.8 Å². The molecule has 2 heterocycles. The highest BCUT2D eigenvalue weighted by molar-refractivity contribution is 6.03. The molecule has 2 amide bonds. The average Bonchev–Trinajstić information content (AvgIpc) is 2.90. The van der Waals surface area contributed by atoms with E-state index in [4.69, 9.17) is 9.47 Å². The van der Waals surface area contributed by atoms with E-state index in [-0.39, 0.29) is 18.4 Å². The number of methoxy groups -OCH3 is 1. The van der Waals surface area contributed by atoms with E-state index < -0.39 is 0 Å². The molecule has 2 aliphatic rings. The van der Waals surface area contributed by atoms with Crippen molar-refractivity contribution in [2.75, 3.05) is 56.2 Å². The monoisotopic (exact) mass is 494 g/mol. The number of amides is 2. The molecule has 184 valence electrons. The second-order valence-corrected chi connectivity index (χ2v) is 8.46. The maximum absolute atomic E-state index is 13.2. The Kier molecular flexibility index (Phi) is 8.00. The van der Waals surface area contributed by atoms with Gasteiger partial charge in [-0.1, -0.05) is 36.4 Å².